The van der Waals surface area contributed by atoms with Gasteiger partial charge in [-0.05, 0) is 54.1 Å². The van der Waals surface area contributed by atoms with Crippen molar-refractivity contribution in [3.8, 4) is 11.5 Å². The normalized spacial score (nSPS) is 10.6. The number of ether oxygens (including phenoxy) is 1. The topological polar surface area (TPSA) is 88.0 Å². The first kappa shape index (κ1) is 18.8. The molecule has 0 heterocycles. The van der Waals surface area contributed by atoms with Crippen molar-refractivity contribution in [2.75, 3.05) is 0 Å². The van der Waals surface area contributed by atoms with Gasteiger partial charge in [0.25, 0.3) is 5.91 Å². The molecule has 0 unspecified atom stereocenters. The molecule has 0 aliphatic heterocycles. The summed E-state index contributed by atoms with van der Waals surface area (Å²) in [6.45, 7) is 0. The number of aromatic hydroxyl groups is 1. The Morgan fingerprint density at radius 2 is 1.57 bits per heavy atom. The van der Waals surface area contributed by atoms with E-state index in [-0.39, 0.29) is 22.6 Å². The maximum absolute atomic E-state index is 13.6. The summed E-state index contributed by atoms with van der Waals surface area (Å²) in [5, 5.41) is 13.4. The second-order valence-corrected chi connectivity index (χ2v) is 5.65. The molecule has 0 spiro atoms. The predicted molar refractivity (Wildman–Crippen MR) is 101 cm³/mol. The number of esters is 1. The summed E-state index contributed by atoms with van der Waals surface area (Å²) >= 11 is 0. The van der Waals surface area contributed by atoms with Crippen molar-refractivity contribution in [2.45, 2.75) is 0 Å². The summed E-state index contributed by atoms with van der Waals surface area (Å²) in [7, 11) is 0. The van der Waals surface area contributed by atoms with Gasteiger partial charge in [-0.3, -0.25) is 4.79 Å². The van der Waals surface area contributed by atoms with Crippen LogP contribution in [0.5, 0.6) is 11.5 Å². The van der Waals surface area contributed by atoms with Crippen LogP contribution in [0.3, 0.4) is 0 Å². The zero-order chi connectivity index (χ0) is 19.9. The Kier molecular flexibility index (Phi) is 5.76. The third kappa shape index (κ3) is 4.59. The van der Waals surface area contributed by atoms with Gasteiger partial charge < -0.3 is 9.84 Å². The molecule has 0 radical (unpaired) electrons. The number of para-hydroxylation sites is 1. The van der Waals surface area contributed by atoms with E-state index in [4.69, 9.17) is 4.74 Å². The van der Waals surface area contributed by atoms with E-state index >= 15 is 0 Å². The Labute approximate surface area is 159 Å². The minimum atomic E-state index is -0.797. The summed E-state index contributed by atoms with van der Waals surface area (Å²) in [4.78, 5) is 23.9. The van der Waals surface area contributed by atoms with Crippen molar-refractivity contribution in [2.24, 2.45) is 5.10 Å². The van der Waals surface area contributed by atoms with Crippen molar-refractivity contribution >= 4 is 18.1 Å². The van der Waals surface area contributed by atoms with Gasteiger partial charge in [0.15, 0.2) is 0 Å². The van der Waals surface area contributed by atoms with Crippen LogP contribution in [0.15, 0.2) is 77.9 Å². The van der Waals surface area contributed by atoms with E-state index in [1.807, 2.05) is 0 Å². The van der Waals surface area contributed by atoms with Crippen molar-refractivity contribution in [1.82, 2.24) is 5.43 Å². The van der Waals surface area contributed by atoms with Gasteiger partial charge in [-0.1, -0.05) is 24.3 Å². The van der Waals surface area contributed by atoms with Crippen molar-refractivity contribution < 1.29 is 23.8 Å². The number of hydrogen-bond donors (Lipinski definition) is 2. The number of amides is 1. The predicted octanol–water partition coefficient (Wildman–Crippen LogP) is 3.51. The highest BCUT2D eigenvalue weighted by atomic mass is 19.1. The van der Waals surface area contributed by atoms with Crippen LogP contribution >= 0.6 is 0 Å². The molecule has 0 atom stereocenters. The lowest BCUT2D eigenvalue weighted by atomic mass is 10.2. The Bertz CT molecular complexity index is 1030. The first-order chi connectivity index (χ1) is 13.5. The van der Waals surface area contributed by atoms with Crippen LogP contribution in [-0.4, -0.2) is 23.2 Å². The first-order valence-electron chi connectivity index (χ1n) is 8.23. The zero-order valence-corrected chi connectivity index (χ0v) is 14.5. The molecule has 3 rings (SSSR count). The lowest BCUT2D eigenvalue weighted by Gasteiger charge is -2.05. The van der Waals surface area contributed by atoms with Gasteiger partial charge >= 0.3 is 5.97 Å². The highest BCUT2D eigenvalue weighted by Crippen LogP contribution is 2.16. The van der Waals surface area contributed by atoms with Crippen molar-refractivity contribution in [3.05, 3.63) is 95.3 Å². The highest BCUT2D eigenvalue weighted by Gasteiger charge is 2.13. The molecule has 0 saturated carbocycles. The third-order valence-corrected chi connectivity index (χ3v) is 3.71. The van der Waals surface area contributed by atoms with E-state index in [0.29, 0.717) is 5.56 Å². The van der Waals surface area contributed by atoms with Crippen LogP contribution in [0, 0.1) is 5.82 Å². The number of nitrogens with zero attached hydrogens (tertiary/aromatic N) is 1. The Hall–Kier alpha value is -4.00. The number of rotatable bonds is 5. The molecule has 0 saturated heterocycles. The molecule has 28 heavy (non-hydrogen) atoms. The van der Waals surface area contributed by atoms with Crippen LogP contribution in [0.2, 0.25) is 0 Å². The second kappa shape index (κ2) is 8.59. The zero-order valence-electron chi connectivity index (χ0n) is 14.5. The van der Waals surface area contributed by atoms with Crippen LogP contribution in [-0.2, 0) is 0 Å². The van der Waals surface area contributed by atoms with Crippen molar-refractivity contribution in [1.29, 1.82) is 0 Å². The molecule has 0 bridgehead atoms. The molecule has 3 aromatic carbocycles. The molecule has 7 heteroatoms. The van der Waals surface area contributed by atoms with E-state index in [2.05, 4.69) is 10.5 Å². The lowest BCUT2D eigenvalue weighted by molar-refractivity contribution is 0.0729. The number of hydrogen-bond acceptors (Lipinski definition) is 5. The minimum Gasteiger partial charge on any atom is -0.507 e. The highest BCUT2D eigenvalue weighted by molar-refractivity contribution is 5.97. The van der Waals surface area contributed by atoms with E-state index in [0.717, 1.165) is 0 Å². The van der Waals surface area contributed by atoms with Gasteiger partial charge in [0.1, 0.15) is 17.3 Å². The molecule has 1 amide bonds. The number of hydrazone groups is 1. The largest absolute Gasteiger partial charge is 0.507 e. The molecule has 2 N–H and O–H groups in total. The SMILES string of the molecule is O=C(NN=Cc1ccc(OC(=O)c2ccccc2F)cc1)c1ccccc1O. The number of carbonyl (C=O) groups is 2. The van der Waals surface area contributed by atoms with E-state index < -0.39 is 17.7 Å². The fraction of sp³-hybridized carbons (Fsp3) is 0. The van der Waals surface area contributed by atoms with Gasteiger partial charge in [0.2, 0.25) is 0 Å². The van der Waals surface area contributed by atoms with Crippen LogP contribution in [0.4, 0.5) is 4.39 Å². The molecule has 0 aliphatic carbocycles. The smallest absolute Gasteiger partial charge is 0.346 e. The average Bonchev–Trinajstić information content (AvgIpc) is 2.70. The monoisotopic (exact) mass is 378 g/mol. The quantitative estimate of drug-likeness (QED) is 0.308. The molecule has 140 valence electrons. The van der Waals surface area contributed by atoms with Gasteiger partial charge in [0, 0.05) is 0 Å². The fourth-order valence-electron chi connectivity index (χ4n) is 2.30. The second-order valence-electron chi connectivity index (χ2n) is 5.65. The summed E-state index contributed by atoms with van der Waals surface area (Å²) in [6.07, 6.45) is 1.39. The number of nitrogens with one attached hydrogen (secondary N) is 1. The van der Waals surface area contributed by atoms with E-state index in [1.54, 1.807) is 30.3 Å². The number of phenolic OH excluding ortho intramolecular Hbond substituents is 1. The molecule has 0 aliphatic rings. The molecular weight excluding hydrogens is 363 g/mol. The Morgan fingerprint density at radius 1 is 0.929 bits per heavy atom. The minimum absolute atomic E-state index is 0.107. The molecule has 6 nitrogen and oxygen atoms in total. The molecule has 0 fully saturated rings. The standard InChI is InChI=1S/C21H15FN2O4/c22-18-7-3-1-5-16(18)21(27)28-15-11-9-14(10-12-15)13-23-24-20(26)17-6-2-4-8-19(17)25/h1-13,25H,(H,24,26). The van der Waals surface area contributed by atoms with E-state index in [9.17, 15) is 19.1 Å². The summed E-state index contributed by atoms with van der Waals surface area (Å²) in [5.41, 5.74) is 2.89. The number of halogens is 1. The average molecular weight is 378 g/mol. The van der Waals surface area contributed by atoms with Gasteiger partial charge in [-0.25, -0.2) is 14.6 Å². The van der Waals surface area contributed by atoms with Gasteiger partial charge in [-0.15, -0.1) is 0 Å². The first-order valence-corrected chi connectivity index (χ1v) is 8.23. The lowest BCUT2D eigenvalue weighted by Crippen LogP contribution is -2.17. The molecular formula is C21H15FN2O4. The Balaban J connectivity index is 1.59. The van der Waals surface area contributed by atoms with Crippen LogP contribution in [0.1, 0.15) is 26.3 Å². The fourth-order valence-corrected chi connectivity index (χ4v) is 2.30. The number of benzene rings is 3. The maximum Gasteiger partial charge on any atom is 0.346 e. The van der Waals surface area contributed by atoms with E-state index in [1.165, 1.54) is 48.7 Å². The molecule has 3 aromatic rings. The Morgan fingerprint density at radius 3 is 2.25 bits per heavy atom. The maximum atomic E-state index is 13.6. The van der Waals surface area contributed by atoms with Crippen LogP contribution in [0.25, 0.3) is 0 Å². The van der Waals surface area contributed by atoms with Gasteiger partial charge in [0.05, 0.1) is 17.3 Å². The van der Waals surface area contributed by atoms with Gasteiger partial charge in [-0.2, -0.15) is 5.10 Å². The molecule has 0 aromatic heterocycles. The number of carbonyl (C=O) groups excluding carboxylic acids is 2. The summed E-state index contributed by atoms with van der Waals surface area (Å²) in [6, 6.07) is 17.9. The summed E-state index contributed by atoms with van der Waals surface area (Å²) < 4.78 is 18.7. The van der Waals surface area contributed by atoms with Crippen LogP contribution < -0.4 is 10.2 Å². The number of phenols is 1. The third-order valence-electron chi connectivity index (χ3n) is 3.71. The van der Waals surface area contributed by atoms with Crippen molar-refractivity contribution in [3.63, 3.8) is 0 Å². The summed E-state index contributed by atoms with van der Waals surface area (Å²) in [5.74, 6) is -1.91.